The molecule has 30 heavy (non-hydrogen) atoms. The maximum absolute atomic E-state index is 12.7. The number of carbonyl (C=O) groups excluding carboxylic acids is 1. The molecule has 10 heteroatoms. The molecule has 0 radical (unpaired) electrons. The molecule has 4 rings (SSSR count). The van der Waals surface area contributed by atoms with Crippen molar-refractivity contribution in [3.8, 4) is 5.69 Å². The average Bonchev–Trinajstić information content (AvgIpc) is 3.39. The van der Waals surface area contributed by atoms with Crippen LogP contribution in [0.15, 0.2) is 48.5 Å². The number of tetrazole rings is 1. The first kappa shape index (κ1) is 23.6. The van der Waals surface area contributed by atoms with E-state index >= 15 is 0 Å². The molecule has 160 valence electrons. The topological polar surface area (TPSA) is 96.8 Å². The third-order valence-corrected chi connectivity index (χ3v) is 4.87. The maximum Gasteiger partial charge on any atom is 0.248 e. The SMILES string of the molecule is CCC(Nc1nnnn1-c1ccccc1)C(=O)NCc1ccc2c(c1)CNC2.Cl.Cl. The van der Waals surface area contributed by atoms with Crippen LogP contribution in [0.5, 0.6) is 0 Å². The lowest BCUT2D eigenvalue weighted by atomic mass is 10.1. The highest BCUT2D eigenvalue weighted by molar-refractivity contribution is 5.85. The molecule has 1 unspecified atom stereocenters. The van der Waals surface area contributed by atoms with Crippen molar-refractivity contribution in [3.05, 3.63) is 65.2 Å². The van der Waals surface area contributed by atoms with Crippen molar-refractivity contribution in [1.29, 1.82) is 0 Å². The number of benzene rings is 2. The lowest BCUT2D eigenvalue weighted by Gasteiger charge is -2.17. The molecule has 1 aromatic heterocycles. The lowest BCUT2D eigenvalue weighted by molar-refractivity contribution is -0.122. The molecule has 0 spiro atoms. The Bertz CT molecular complexity index is 965. The van der Waals surface area contributed by atoms with E-state index < -0.39 is 6.04 Å². The van der Waals surface area contributed by atoms with Crippen LogP contribution in [0, 0.1) is 0 Å². The van der Waals surface area contributed by atoms with Gasteiger partial charge in [-0.3, -0.25) is 4.79 Å². The van der Waals surface area contributed by atoms with Gasteiger partial charge >= 0.3 is 0 Å². The number of para-hydroxylation sites is 1. The monoisotopic (exact) mass is 449 g/mol. The smallest absolute Gasteiger partial charge is 0.248 e. The first-order chi connectivity index (χ1) is 13.7. The van der Waals surface area contributed by atoms with Gasteiger partial charge in [0.25, 0.3) is 0 Å². The zero-order valence-corrected chi connectivity index (χ0v) is 18.2. The highest BCUT2D eigenvalue weighted by Crippen LogP contribution is 2.17. The molecule has 2 heterocycles. The molecule has 1 aliphatic heterocycles. The van der Waals surface area contributed by atoms with Gasteiger partial charge in [-0.25, -0.2) is 0 Å². The molecule has 1 aliphatic rings. The second-order valence-corrected chi connectivity index (χ2v) is 6.78. The summed E-state index contributed by atoms with van der Waals surface area (Å²) < 4.78 is 1.59. The predicted octanol–water partition coefficient (Wildman–Crippen LogP) is 2.62. The van der Waals surface area contributed by atoms with Gasteiger partial charge in [-0.05, 0) is 45.7 Å². The summed E-state index contributed by atoms with van der Waals surface area (Å²) in [7, 11) is 0. The third kappa shape index (κ3) is 5.27. The van der Waals surface area contributed by atoms with E-state index in [1.807, 2.05) is 37.3 Å². The van der Waals surface area contributed by atoms with Gasteiger partial charge < -0.3 is 16.0 Å². The van der Waals surface area contributed by atoms with Crippen LogP contribution < -0.4 is 16.0 Å². The van der Waals surface area contributed by atoms with E-state index in [4.69, 9.17) is 0 Å². The fourth-order valence-electron chi connectivity index (χ4n) is 3.30. The van der Waals surface area contributed by atoms with Gasteiger partial charge in [-0.1, -0.05) is 48.4 Å². The molecule has 8 nitrogen and oxygen atoms in total. The number of hydrogen-bond donors (Lipinski definition) is 3. The number of aromatic nitrogens is 4. The number of halogens is 2. The van der Waals surface area contributed by atoms with Crippen LogP contribution in [-0.2, 0) is 24.4 Å². The average molecular weight is 450 g/mol. The molecule has 1 atom stereocenters. The highest BCUT2D eigenvalue weighted by atomic mass is 35.5. The highest BCUT2D eigenvalue weighted by Gasteiger charge is 2.20. The molecule has 0 bridgehead atoms. The van der Waals surface area contributed by atoms with Crippen LogP contribution in [0.2, 0.25) is 0 Å². The number of nitrogens with one attached hydrogen (secondary N) is 3. The Morgan fingerprint density at radius 3 is 2.67 bits per heavy atom. The summed E-state index contributed by atoms with van der Waals surface area (Å²) in [5.41, 5.74) is 4.56. The van der Waals surface area contributed by atoms with Gasteiger partial charge in [-0.15, -0.1) is 24.8 Å². The Morgan fingerprint density at radius 2 is 1.90 bits per heavy atom. The Morgan fingerprint density at radius 1 is 1.13 bits per heavy atom. The van der Waals surface area contributed by atoms with E-state index in [-0.39, 0.29) is 30.7 Å². The van der Waals surface area contributed by atoms with Crippen molar-refractivity contribution in [1.82, 2.24) is 30.8 Å². The minimum Gasteiger partial charge on any atom is -0.350 e. The number of hydrogen-bond acceptors (Lipinski definition) is 6. The quantitative estimate of drug-likeness (QED) is 0.512. The summed E-state index contributed by atoms with van der Waals surface area (Å²) in [6.07, 6.45) is 0.613. The van der Waals surface area contributed by atoms with Crippen molar-refractivity contribution >= 4 is 36.7 Å². The number of rotatable bonds is 7. The summed E-state index contributed by atoms with van der Waals surface area (Å²) in [4.78, 5) is 12.7. The van der Waals surface area contributed by atoms with E-state index in [1.54, 1.807) is 4.68 Å². The summed E-state index contributed by atoms with van der Waals surface area (Å²) in [6.45, 7) is 4.25. The summed E-state index contributed by atoms with van der Waals surface area (Å²) in [5, 5.41) is 21.3. The van der Waals surface area contributed by atoms with Crippen LogP contribution in [-0.4, -0.2) is 32.2 Å². The number of carbonyl (C=O) groups is 1. The van der Waals surface area contributed by atoms with Gasteiger partial charge in [-0.2, -0.15) is 4.68 Å². The summed E-state index contributed by atoms with van der Waals surface area (Å²) in [5.74, 6) is 0.362. The zero-order chi connectivity index (χ0) is 19.3. The lowest BCUT2D eigenvalue weighted by Crippen LogP contribution is -2.39. The van der Waals surface area contributed by atoms with Crippen LogP contribution in [0.3, 0.4) is 0 Å². The third-order valence-electron chi connectivity index (χ3n) is 4.87. The standard InChI is InChI=1S/C20H23N7O.2ClH/c1-2-18(23-20-24-25-26-27(20)17-6-4-3-5-7-17)19(28)22-11-14-8-9-15-12-21-13-16(15)10-14;;/h3-10,18,21H,2,11-13H2,1H3,(H,22,28)(H,23,24,26);2*1H. The molecular formula is C20H25Cl2N7O. The molecule has 3 aromatic rings. The van der Waals surface area contributed by atoms with E-state index in [2.05, 4.69) is 49.7 Å². The van der Waals surface area contributed by atoms with E-state index in [0.717, 1.165) is 24.3 Å². The van der Waals surface area contributed by atoms with Crippen molar-refractivity contribution in [2.45, 2.75) is 39.0 Å². The minimum absolute atomic E-state index is 0. The number of amides is 1. The molecule has 0 saturated heterocycles. The molecule has 0 saturated carbocycles. The van der Waals surface area contributed by atoms with Gasteiger partial charge in [0.2, 0.25) is 11.9 Å². The summed E-state index contributed by atoms with van der Waals surface area (Å²) >= 11 is 0. The normalized spacial score (nSPS) is 12.8. The second kappa shape index (κ2) is 10.9. The largest absolute Gasteiger partial charge is 0.350 e. The molecule has 2 aromatic carbocycles. The van der Waals surface area contributed by atoms with Gasteiger partial charge in [0, 0.05) is 19.6 Å². The number of anilines is 1. The Kier molecular flexibility index (Phi) is 8.58. The zero-order valence-electron chi connectivity index (χ0n) is 16.5. The maximum atomic E-state index is 12.7. The van der Waals surface area contributed by atoms with E-state index in [9.17, 15) is 4.79 Å². The molecule has 3 N–H and O–H groups in total. The second-order valence-electron chi connectivity index (χ2n) is 6.78. The number of nitrogens with zero attached hydrogens (tertiary/aromatic N) is 4. The Balaban J connectivity index is 0.00000160. The van der Waals surface area contributed by atoms with Gasteiger partial charge in [0.1, 0.15) is 6.04 Å². The van der Waals surface area contributed by atoms with Crippen molar-refractivity contribution in [2.24, 2.45) is 0 Å². The Labute approximate surface area is 187 Å². The molecular weight excluding hydrogens is 425 g/mol. The predicted molar refractivity (Wildman–Crippen MR) is 120 cm³/mol. The molecule has 1 amide bonds. The fraction of sp³-hybridized carbons (Fsp3) is 0.300. The van der Waals surface area contributed by atoms with E-state index in [1.165, 1.54) is 11.1 Å². The van der Waals surface area contributed by atoms with Crippen LogP contribution in [0.1, 0.15) is 30.0 Å². The van der Waals surface area contributed by atoms with Crippen molar-refractivity contribution < 1.29 is 4.79 Å². The Hall–Kier alpha value is -2.68. The first-order valence-electron chi connectivity index (χ1n) is 9.44. The van der Waals surface area contributed by atoms with Crippen LogP contribution in [0.25, 0.3) is 5.69 Å². The van der Waals surface area contributed by atoms with Crippen molar-refractivity contribution in [3.63, 3.8) is 0 Å². The fourth-order valence-corrected chi connectivity index (χ4v) is 3.30. The minimum atomic E-state index is -0.426. The number of fused-ring (bicyclic) bond motifs is 1. The molecule has 0 fully saturated rings. The first-order valence-corrected chi connectivity index (χ1v) is 9.44. The van der Waals surface area contributed by atoms with Crippen LogP contribution >= 0.6 is 24.8 Å². The van der Waals surface area contributed by atoms with Gasteiger partial charge in [0.15, 0.2) is 0 Å². The van der Waals surface area contributed by atoms with Gasteiger partial charge in [0.05, 0.1) is 5.69 Å². The molecule has 0 aliphatic carbocycles. The van der Waals surface area contributed by atoms with Crippen molar-refractivity contribution in [2.75, 3.05) is 5.32 Å². The van der Waals surface area contributed by atoms with Crippen LogP contribution in [0.4, 0.5) is 5.95 Å². The summed E-state index contributed by atoms with van der Waals surface area (Å²) in [6, 6.07) is 15.5. The van der Waals surface area contributed by atoms with E-state index in [0.29, 0.717) is 18.9 Å².